The van der Waals surface area contributed by atoms with Crippen LogP contribution in [-0.4, -0.2) is 31.6 Å². The molecule has 1 aromatic rings. The average molecular weight is 342 g/mol. The molecule has 1 aliphatic heterocycles. The summed E-state index contributed by atoms with van der Waals surface area (Å²) in [6.45, 7) is 3.41. The summed E-state index contributed by atoms with van der Waals surface area (Å²) >= 11 is 0. The van der Waals surface area contributed by atoms with Crippen LogP contribution in [-0.2, 0) is 20.9 Å². The number of anilines is 1. The topological polar surface area (TPSA) is 93.5 Å². The Hall–Kier alpha value is -1.63. The molecule has 0 unspecified atom stereocenters. The normalized spacial score (nSPS) is 16.1. The number of carbonyl (C=O) groups is 2. The molecule has 0 spiro atoms. The van der Waals surface area contributed by atoms with Gasteiger partial charge in [-0.15, -0.1) is 12.4 Å². The van der Waals surface area contributed by atoms with E-state index in [1.54, 1.807) is 0 Å². The van der Waals surface area contributed by atoms with Gasteiger partial charge in [-0.2, -0.15) is 0 Å². The van der Waals surface area contributed by atoms with E-state index in [9.17, 15) is 9.59 Å². The van der Waals surface area contributed by atoms with Crippen LogP contribution < -0.4 is 16.4 Å². The Balaban J connectivity index is 0.00000264. The molecular weight excluding hydrogens is 318 g/mol. The van der Waals surface area contributed by atoms with Crippen LogP contribution in [0.3, 0.4) is 0 Å². The third-order valence-electron chi connectivity index (χ3n) is 4.05. The second kappa shape index (κ2) is 8.86. The van der Waals surface area contributed by atoms with Gasteiger partial charge in [0.2, 0.25) is 11.8 Å². The molecular formula is C16H24ClN3O3. The number of carbonyl (C=O) groups excluding carboxylic acids is 2. The second-order valence-electron chi connectivity index (χ2n) is 5.66. The SMILES string of the molecule is CC(=O)Nc1ccc(CNC(=O)C2(CN)CCOCC2)cc1.Cl. The zero-order chi connectivity index (χ0) is 16.0. The van der Waals surface area contributed by atoms with Gasteiger partial charge in [0.25, 0.3) is 0 Å². The highest BCUT2D eigenvalue weighted by Gasteiger charge is 2.38. The standard InChI is InChI=1S/C16H23N3O3.ClH/c1-12(20)19-14-4-2-13(3-5-14)10-18-15(21)16(11-17)6-8-22-9-7-16;/h2-5H,6-11,17H2,1H3,(H,18,21)(H,19,20);1H. The molecule has 0 radical (unpaired) electrons. The van der Waals surface area contributed by atoms with Gasteiger partial charge in [-0.1, -0.05) is 12.1 Å². The van der Waals surface area contributed by atoms with Gasteiger partial charge >= 0.3 is 0 Å². The molecule has 0 saturated carbocycles. The summed E-state index contributed by atoms with van der Waals surface area (Å²) in [5, 5.41) is 5.67. The third kappa shape index (κ3) is 5.20. The van der Waals surface area contributed by atoms with E-state index >= 15 is 0 Å². The summed E-state index contributed by atoms with van der Waals surface area (Å²) in [7, 11) is 0. The highest BCUT2D eigenvalue weighted by molar-refractivity contribution is 5.88. The van der Waals surface area contributed by atoms with E-state index in [-0.39, 0.29) is 24.2 Å². The molecule has 0 aliphatic carbocycles. The number of halogens is 1. The Morgan fingerprint density at radius 1 is 1.22 bits per heavy atom. The number of nitrogens with one attached hydrogen (secondary N) is 2. The average Bonchev–Trinajstić information content (AvgIpc) is 2.54. The van der Waals surface area contributed by atoms with Crippen molar-refractivity contribution >= 4 is 29.9 Å². The van der Waals surface area contributed by atoms with Crippen molar-refractivity contribution in [3.8, 4) is 0 Å². The van der Waals surface area contributed by atoms with Gasteiger partial charge in [-0.05, 0) is 30.5 Å². The summed E-state index contributed by atoms with van der Waals surface area (Å²) in [4.78, 5) is 23.4. The van der Waals surface area contributed by atoms with Gasteiger partial charge in [0.15, 0.2) is 0 Å². The number of nitrogens with two attached hydrogens (primary N) is 1. The molecule has 1 saturated heterocycles. The van der Waals surface area contributed by atoms with Crippen molar-refractivity contribution in [3.05, 3.63) is 29.8 Å². The molecule has 0 aromatic heterocycles. The lowest BCUT2D eigenvalue weighted by Gasteiger charge is -2.34. The fourth-order valence-electron chi connectivity index (χ4n) is 2.57. The van der Waals surface area contributed by atoms with Crippen molar-refractivity contribution in [2.45, 2.75) is 26.3 Å². The molecule has 4 N–H and O–H groups in total. The highest BCUT2D eigenvalue weighted by Crippen LogP contribution is 2.29. The molecule has 2 rings (SSSR count). The van der Waals surface area contributed by atoms with Gasteiger partial charge < -0.3 is 21.1 Å². The molecule has 2 amide bonds. The molecule has 1 fully saturated rings. The first kappa shape index (κ1) is 19.4. The first-order valence-corrected chi connectivity index (χ1v) is 7.48. The Morgan fingerprint density at radius 2 is 1.83 bits per heavy atom. The quantitative estimate of drug-likeness (QED) is 0.755. The van der Waals surface area contributed by atoms with Gasteiger partial charge in [0.1, 0.15) is 0 Å². The van der Waals surface area contributed by atoms with Crippen LogP contribution in [0.15, 0.2) is 24.3 Å². The third-order valence-corrected chi connectivity index (χ3v) is 4.05. The Labute approximate surface area is 142 Å². The van der Waals surface area contributed by atoms with Crippen molar-refractivity contribution in [2.24, 2.45) is 11.1 Å². The maximum atomic E-state index is 12.4. The minimum atomic E-state index is -0.506. The van der Waals surface area contributed by atoms with Crippen molar-refractivity contribution in [2.75, 3.05) is 25.1 Å². The maximum absolute atomic E-state index is 12.4. The lowest BCUT2D eigenvalue weighted by atomic mass is 9.79. The van der Waals surface area contributed by atoms with Crippen molar-refractivity contribution in [3.63, 3.8) is 0 Å². The van der Waals surface area contributed by atoms with Gasteiger partial charge in [0.05, 0.1) is 5.41 Å². The van der Waals surface area contributed by atoms with Crippen LogP contribution in [0, 0.1) is 5.41 Å². The molecule has 0 atom stereocenters. The number of benzene rings is 1. The zero-order valence-electron chi connectivity index (χ0n) is 13.3. The smallest absolute Gasteiger partial charge is 0.227 e. The largest absolute Gasteiger partial charge is 0.381 e. The lowest BCUT2D eigenvalue weighted by Crippen LogP contribution is -2.48. The van der Waals surface area contributed by atoms with Crippen LogP contribution in [0.1, 0.15) is 25.3 Å². The number of hydrogen-bond acceptors (Lipinski definition) is 4. The molecule has 23 heavy (non-hydrogen) atoms. The van der Waals surface area contributed by atoms with Gasteiger partial charge in [-0.25, -0.2) is 0 Å². The summed E-state index contributed by atoms with van der Waals surface area (Å²) in [6.07, 6.45) is 1.33. The lowest BCUT2D eigenvalue weighted by molar-refractivity contribution is -0.136. The van der Waals surface area contributed by atoms with Crippen molar-refractivity contribution < 1.29 is 14.3 Å². The predicted molar refractivity (Wildman–Crippen MR) is 91.4 cm³/mol. The molecule has 7 heteroatoms. The molecule has 1 aliphatic rings. The minimum absolute atomic E-state index is 0. The van der Waals surface area contributed by atoms with Crippen LogP contribution in [0.25, 0.3) is 0 Å². The summed E-state index contributed by atoms with van der Waals surface area (Å²) in [6, 6.07) is 7.39. The van der Waals surface area contributed by atoms with Crippen molar-refractivity contribution in [1.29, 1.82) is 0 Å². The van der Waals surface area contributed by atoms with Gasteiger partial charge in [-0.3, -0.25) is 9.59 Å². The summed E-state index contributed by atoms with van der Waals surface area (Å²) in [5.74, 6) is -0.116. The molecule has 128 valence electrons. The maximum Gasteiger partial charge on any atom is 0.227 e. The molecule has 6 nitrogen and oxygen atoms in total. The Kier molecular flexibility index (Phi) is 7.48. The fourth-order valence-corrected chi connectivity index (χ4v) is 2.57. The summed E-state index contributed by atoms with van der Waals surface area (Å²) in [5.41, 5.74) is 7.03. The Morgan fingerprint density at radius 3 is 2.35 bits per heavy atom. The minimum Gasteiger partial charge on any atom is -0.381 e. The fraction of sp³-hybridized carbons (Fsp3) is 0.500. The predicted octanol–water partition coefficient (Wildman–Crippen LogP) is 1.44. The van der Waals surface area contributed by atoms with Crippen LogP contribution in [0.4, 0.5) is 5.69 Å². The van der Waals surface area contributed by atoms with E-state index in [4.69, 9.17) is 10.5 Å². The number of amides is 2. The van der Waals surface area contributed by atoms with E-state index in [0.29, 0.717) is 39.1 Å². The van der Waals surface area contributed by atoms with E-state index in [0.717, 1.165) is 11.3 Å². The van der Waals surface area contributed by atoms with Crippen LogP contribution in [0.5, 0.6) is 0 Å². The summed E-state index contributed by atoms with van der Waals surface area (Å²) < 4.78 is 5.31. The van der Waals surface area contributed by atoms with Crippen LogP contribution in [0.2, 0.25) is 0 Å². The Bertz CT molecular complexity index is 528. The molecule has 0 bridgehead atoms. The van der Waals surface area contributed by atoms with E-state index in [1.807, 2.05) is 24.3 Å². The van der Waals surface area contributed by atoms with Gasteiger partial charge in [0, 0.05) is 38.9 Å². The first-order chi connectivity index (χ1) is 10.6. The van der Waals surface area contributed by atoms with E-state index in [2.05, 4.69) is 10.6 Å². The first-order valence-electron chi connectivity index (χ1n) is 7.48. The van der Waals surface area contributed by atoms with Crippen molar-refractivity contribution in [1.82, 2.24) is 5.32 Å². The number of hydrogen-bond donors (Lipinski definition) is 3. The van der Waals surface area contributed by atoms with E-state index < -0.39 is 5.41 Å². The molecule has 1 heterocycles. The van der Waals surface area contributed by atoms with Crippen LogP contribution >= 0.6 is 12.4 Å². The number of ether oxygens (including phenoxy) is 1. The highest BCUT2D eigenvalue weighted by atomic mass is 35.5. The van der Waals surface area contributed by atoms with E-state index in [1.165, 1.54) is 6.92 Å². The monoisotopic (exact) mass is 341 g/mol. The number of rotatable bonds is 5. The molecule has 1 aromatic carbocycles. The zero-order valence-corrected chi connectivity index (χ0v) is 14.1. The second-order valence-corrected chi connectivity index (χ2v) is 5.66.